The third-order valence-corrected chi connectivity index (χ3v) is 5.27. The van der Waals surface area contributed by atoms with Crippen LogP contribution in [0.4, 0.5) is 0 Å². The molecule has 2 bridgehead atoms. The molecular formula is C15H21BrN2O2. The normalized spacial score (nSPS) is 29.4. The predicted octanol–water partition coefficient (Wildman–Crippen LogP) is 2.99. The lowest BCUT2D eigenvalue weighted by Gasteiger charge is -2.37. The monoisotopic (exact) mass is 340 g/mol. The molecule has 0 amide bonds. The van der Waals surface area contributed by atoms with Gasteiger partial charge in [-0.3, -0.25) is 9.88 Å². The van der Waals surface area contributed by atoms with Crippen LogP contribution in [0.1, 0.15) is 31.4 Å². The van der Waals surface area contributed by atoms with E-state index in [1.165, 1.54) is 25.7 Å². The summed E-state index contributed by atoms with van der Waals surface area (Å²) in [5.41, 5.74) is 0.983. The first kappa shape index (κ1) is 14.1. The van der Waals surface area contributed by atoms with Gasteiger partial charge in [-0.2, -0.15) is 0 Å². The Morgan fingerprint density at radius 2 is 1.95 bits per heavy atom. The lowest BCUT2D eigenvalue weighted by atomic mass is 10.0. The molecule has 3 rings (SSSR count). The van der Waals surface area contributed by atoms with Crippen molar-refractivity contribution < 1.29 is 9.47 Å². The molecule has 2 aliphatic heterocycles. The van der Waals surface area contributed by atoms with Crippen LogP contribution in [0.5, 0.6) is 11.5 Å². The largest absolute Gasteiger partial charge is 0.493 e. The summed E-state index contributed by atoms with van der Waals surface area (Å²) in [5.74, 6) is 1.54. The van der Waals surface area contributed by atoms with E-state index in [-0.39, 0.29) is 0 Å². The standard InChI is InChI=1S/C15H21BrN2O2/c1-19-14-5-6-17-13(15(14)20-2)9-18-11-3-4-12(18)8-10(16)7-11/h5-6,10-12H,3-4,7-9H2,1-2H3. The molecule has 0 aliphatic carbocycles. The summed E-state index contributed by atoms with van der Waals surface area (Å²) >= 11 is 3.79. The second-order valence-corrected chi connectivity index (χ2v) is 6.91. The first-order valence-electron chi connectivity index (χ1n) is 7.18. The molecule has 110 valence electrons. The second-order valence-electron chi connectivity index (χ2n) is 5.62. The van der Waals surface area contributed by atoms with Crippen molar-refractivity contribution in [2.24, 2.45) is 0 Å². The van der Waals surface area contributed by atoms with Crippen molar-refractivity contribution in [3.8, 4) is 11.5 Å². The summed E-state index contributed by atoms with van der Waals surface area (Å²) < 4.78 is 10.9. The van der Waals surface area contributed by atoms with E-state index in [0.29, 0.717) is 16.9 Å². The van der Waals surface area contributed by atoms with Crippen LogP contribution in [0.2, 0.25) is 0 Å². The Hall–Kier alpha value is -0.810. The van der Waals surface area contributed by atoms with Crippen molar-refractivity contribution in [2.75, 3.05) is 14.2 Å². The van der Waals surface area contributed by atoms with Crippen LogP contribution in [-0.4, -0.2) is 41.0 Å². The third-order valence-electron chi connectivity index (χ3n) is 4.53. The van der Waals surface area contributed by atoms with Gasteiger partial charge in [0, 0.05) is 35.7 Å². The van der Waals surface area contributed by atoms with Crippen molar-refractivity contribution in [1.82, 2.24) is 9.88 Å². The molecule has 4 nitrogen and oxygen atoms in total. The number of pyridine rings is 1. The quantitative estimate of drug-likeness (QED) is 0.789. The molecule has 0 radical (unpaired) electrons. The number of nitrogens with zero attached hydrogens (tertiary/aromatic N) is 2. The van der Waals surface area contributed by atoms with E-state index < -0.39 is 0 Å². The summed E-state index contributed by atoms with van der Waals surface area (Å²) in [6.07, 6.45) is 6.89. The number of piperidine rings is 1. The summed E-state index contributed by atoms with van der Waals surface area (Å²) in [7, 11) is 3.35. The fourth-order valence-electron chi connectivity index (χ4n) is 3.60. The van der Waals surface area contributed by atoms with Crippen molar-refractivity contribution in [3.63, 3.8) is 0 Å². The van der Waals surface area contributed by atoms with Crippen LogP contribution < -0.4 is 9.47 Å². The number of hydrogen-bond acceptors (Lipinski definition) is 4. The molecule has 1 aromatic rings. The number of ether oxygens (including phenoxy) is 2. The Morgan fingerprint density at radius 1 is 1.25 bits per heavy atom. The topological polar surface area (TPSA) is 34.6 Å². The maximum Gasteiger partial charge on any atom is 0.183 e. The van der Waals surface area contributed by atoms with Crippen molar-refractivity contribution in [1.29, 1.82) is 0 Å². The minimum absolute atomic E-state index is 0.677. The maximum atomic E-state index is 5.50. The number of halogens is 1. The van der Waals surface area contributed by atoms with Crippen LogP contribution >= 0.6 is 15.9 Å². The molecule has 0 spiro atoms. The first-order chi connectivity index (χ1) is 9.72. The molecule has 0 saturated carbocycles. The van der Waals surface area contributed by atoms with Gasteiger partial charge < -0.3 is 9.47 Å². The van der Waals surface area contributed by atoms with Gasteiger partial charge in [0.2, 0.25) is 0 Å². The van der Waals surface area contributed by atoms with E-state index >= 15 is 0 Å². The van der Waals surface area contributed by atoms with E-state index in [0.717, 1.165) is 23.7 Å². The van der Waals surface area contributed by atoms with Crippen LogP contribution in [0.15, 0.2) is 12.3 Å². The van der Waals surface area contributed by atoms with E-state index in [4.69, 9.17) is 9.47 Å². The highest BCUT2D eigenvalue weighted by atomic mass is 79.9. The highest BCUT2D eigenvalue weighted by Crippen LogP contribution is 2.40. The molecule has 5 heteroatoms. The summed E-state index contributed by atoms with van der Waals surface area (Å²) in [5, 5.41) is 0. The Labute approximate surface area is 128 Å². The van der Waals surface area contributed by atoms with Gasteiger partial charge in [0.05, 0.1) is 14.2 Å². The lowest BCUT2D eigenvalue weighted by Crippen LogP contribution is -2.42. The Bertz CT molecular complexity index is 469. The van der Waals surface area contributed by atoms with Crippen molar-refractivity contribution in [2.45, 2.75) is 49.1 Å². The molecule has 3 heterocycles. The van der Waals surface area contributed by atoms with Gasteiger partial charge in [0.15, 0.2) is 11.5 Å². The minimum atomic E-state index is 0.677. The van der Waals surface area contributed by atoms with E-state index in [1.807, 2.05) is 6.07 Å². The SMILES string of the molecule is COc1ccnc(CN2C3CCC2CC(Br)C3)c1OC. The van der Waals surface area contributed by atoms with Crippen LogP contribution in [0.25, 0.3) is 0 Å². The predicted molar refractivity (Wildman–Crippen MR) is 81.6 cm³/mol. The zero-order chi connectivity index (χ0) is 14.1. The molecular weight excluding hydrogens is 320 g/mol. The second kappa shape index (κ2) is 5.90. The van der Waals surface area contributed by atoms with Gasteiger partial charge in [-0.1, -0.05) is 15.9 Å². The molecule has 2 saturated heterocycles. The zero-order valence-corrected chi connectivity index (χ0v) is 13.6. The molecule has 0 aromatic carbocycles. The highest BCUT2D eigenvalue weighted by molar-refractivity contribution is 9.09. The lowest BCUT2D eigenvalue weighted by molar-refractivity contribution is 0.133. The van der Waals surface area contributed by atoms with Crippen molar-refractivity contribution >= 4 is 15.9 Å². The number of aromatic nitrogens is 1. The number of alkyl halides is 1. The summed E-state index contributed by atoms with van der Waals surface area (Å²) in [6.45, 7) is 0.857. The van der Waals surface area contributed by atoms with Gasteiger partial charge in [0.25, 0.3) is 0 Å². The molecule has 2 atom stereocenters. The molecule has 20 heavy (non-hydrogen) atoms. The van der Waals surface area contributed by atoms with Crippen LogP contribution in [-0.2, 0) is 6.54 Å². The minimum Gasteiger partial charge on any atom is -0.493 e. The van der Waals surface area contributed by atoms with Gasteiger partial charge in [-0.15, -0.1) is 0 Å². The highest BCUT2D eigenvalue weighted by Gasteiger charge is 2.40. The van der Waals surface area contributed by atoms with Gasteiger partial charge in [-0.25, -0.2) is 0 Å². The molecule has 0 N–H and O–H groups in total. The molecule has 2 unspecified atom stereocenters. The van der Waals surface area contributed by atoms with Crippen molar-refractivity contribution in [3.05, 3.63) is 18.0 Å². The van der Waals surface area contributed by atoms with Gasteiger partial charge in [-0.05, 0) is 25.7 Å². The van der Waals surface area contributed by atoms with E-state index in [9.17, 15) is 0 Å². The molecule has 2 aliphatic rings. The number of hydrogen-bond donors (Lipinski definition) is 0. The maximum absolute atomic E-state index is 5.50. The average molecular weight is 341 g/mol. The number of methoxy groups -OCH3 is 2. The fourth-order valence-corrected chi connectivity index (χ4v) is 4.47. The Balaban J connectivity index is 1.82. The summed E-state index contributed by atoms with van der Waals surface area (Å²) in [4.78, 5) is 7.79. The van der Waals surface area contributed by atoms with Gasteiger partial charge >= 0.3 is 0 Å². The molecule has 1 aromatic heterocycles. The Morgan fingerprint density at radius 3 is 2.55 bits per heavy atom. The first-order valence-corrected chi connectivity index (χ1v) is 8.10. The number of rotatable bonds is 4. The Kier molecular flexibility index (Phi) is 4.17. The van der Waals surface area contributed by atoms with Crippen LogP contribution in [0, 0.1) is 0 Å². The van der Waals surface area contributed by atoms with Crippen LogP contribution in [0.3, 0.4) is 0 Å². The number of fused-ring (bicyclic) bond motifs is 2. The fraction of sp³-hybridized carbons (Fsp3) is 0.667. The molecule has 2 fully saturated rings. The van der Waals surface area contributed by atoms with Gasteiger partial charge in [0.1, 0.15) is 5.69 Å². The summed E-state index contributed by atoms with van der Waals surface area (Å²) in [6, 6.07) is 3.20. The average Bonchev–Trinajstić information content (AvgIpc) is 2.70. The third kappa shape index (κ3) is 2.53. The van der Waals surface area contributed by atoms with E-state index in [2.05, 4.69) is 25.8 Å². The zero-order valence-electron chi connectivity index (χ0n) is 12.0. The smallest absolute Gasteiger partial charge is 0.183 e. The van der Waals surface area contributed by atoms with E-state index in [1.54, 1.807) is 20.4 Å².